The maximum absolute atomic E-state index is 5.99. The summed E-state index contributed by atoms with van der Waals surface area (Å²) in [6.45, 7) is 2.56. The van der Waals surface area contributed by atoms with Crippen molar-refractivity contribution in [2.24, 2.45) is 0 Å². The third-order valence-corrected chi connectivity index (χ3v) is 2.85. The van der Waals surface area contributed by atoms with Crippen LogP contribution in [-0.4, -0.2) is 17.1 Å². The van der Waals surface area contributed by atoms with Gasteiger partial charge in [0.1, 0.15) is 5.15 Å². The van der Waals surface area contributed by atoms with Gasteiger partial charge in [0.15, 0.2) is 5.82 Å². The van der Waals surface area contributed by atoms with Gasteiger partial charge >= 0.3 is 0 Å². The maximum Gasteiger partial charge on any atom is 0.161 e. The first-order valence-electron chi connectivity index (χ1n) is 5.84. The molecule has 0 fully saturated rings. The van der Waals surface area contributed by atoms with Gasteiger partial charge in [-0.1, -0.05) is 42.8 Å². The maximum atomic E-state index is 5.99. The highest BCUT2D eigenvalue weighted by Crippen LogP contribution is 2.19. The number of ether oxygens (including phenoxy) is 1. The van der Waals surface area contributed by atoms with Gasteiger partial charge in [-0.2, -0.15) is 0 Å². The Balaban J connectivity index is 2.36. The van der Waals surface area contributed by atoms with Gasteiger partial charge < -0.3 is 4.74 Å². The zero-order valence-corrected chi connectivity index (χ0v) is 11.2. The smallest absolute Gasteiger partial charge is 0.161 e. The van der Waals surface area contributed by atoms with Crippen molar-refractivity contribution in [3.05, 3.63) is 46.7 Å². The highest BCUT2D eigenvalue weighted by Gasteiger charge is 2.05. The van der Waals surface area contributed by atoms with Crippen molar-refractivity contribution in [2.45, 2.75) is 20.0 Å². The van der Waals surface area contributed by atoms with E-state index in [1.165, 1.54) is 5.56 Å². The number of methoxy groups -OCH3 is 1. The van der Waals surface area contributed by atoms with E-state index in [2.05, 4.69) is 29.0 Å². The van der Waals surface area contributed by atoms with Gasteiger partial charge in [-0.05, 0) is 18.1 Å². The summed E-state index contributed by atoms with van der Waals surface area (Å²) in [4.78, 5) is 8.67. The molecule has 2 aromatic rings. The second kappa shape index (κ2) is 5.94. The molecular formula is C14H15ClN2O. The Bertz CT molecular complexity index is 526. The Morgan fingerprint density at radius 2 is 1.89 bits per heavy atom. The van der Waals surface area contributed by atoms with E-state index in [4.69, 9.17) is 16.3 Å². The minimum Gasteiger partial charge on any atom is -0.378 e. The van der Waals surface area contributed by atoms with Crippen molar-refractivity contribution < 1.29 is 4.74 Å². The molecule has 94 valence electrons. The Hall–Kier alpha value is -1.45. The summed E-state index contributed by atoms with van der Waals surface area (Å²) in [7, 11) is 1.63. The average Bonchev–Trinajstić information content (AvgIpc) is 2.38. The van der Waals surface area contributed by atoms with Crippen molar-refractivity contribution in [3.63, 3.8) is 0 Å². The van der Waals surface area contributed by atoms with E-state index >= 15 is 0 Å². The van der Waals surface area contributed by atoms with Gasteiger partial charge in [-0.15, -0.1) is 0 Å². The van der Waals surface area contributed by atoms with E-state index < -0.39 is 0 Å². The predicted molar refractivity (Wildman–Crippen MR) is 72.6 cm³/mol. The molecule has 0 unspecified atom stereocenters. The number of aryl methyl sites for hydroxylation is 1. The van der Waals surface area contributed by atoms with Crippen LogP contribution in [0.4, 0.5) is 0 Å². The van der Waals surface area contributed by atoms with E-state index in [0.29, 0.717) is 17.6 Å². The van der Waals surface area contributed by atoms with Crippen LogP contribution in [0.15, 0.2) is 30.3 Å². The van der Waals surface area contributed by atoms with Gasteiger partial charge in [0.05, 0.1) is 12.3 Å². The third-order valence-electron chi connectivity index (χ3n) is 2.66. The summed E-state index contributed by atoms with van der Waals surface area (Å²) in [6, 6.07) is 9.91. The van der Waals surface area contributed by atoms with E-state index in [1.807, 2.05) is 12.1 Å². The number of hydrogen-bond donors (Lipinski definition) is 0. The molecule has 0 saturated heterocycles. The lowest BCUT2D eigenvalue weighted by molar-refractivity contribution is 0.181. The van der Waals surface area contributed by atoms with Crippen molar-refractivity contribution >= 4 is 11.6 Å². The van der Waals surface area contributed by atoms with E-state index in [0.717, 1.165) is 17.7 Å². The van der Waals surface area contributed by atoms with Gasteiger partial charge in [0, 0.05) is 12.7 Å². The van der Waals surface area contributed by atoms with E-state index in [-0.39, 0.29) is 0 Å². The highest BCUT2D eigenvalue weighted by atomic mass is 35.5. The second-order valence-corrected chi connectivity index (χ2v) is 4.38. The minimum absolute atomic E-state index is 0.433. The normalized spacial score (nSPS) is 10.6. The van der Waals surface area contributed by atoms with Crippen molar-refractivity contribution in [3.8, 4) is 11.4 Å². The monoisotopic (exact) mass is 262 g/mol. The zero-order valence-electron chi connectivity index (χ0n) is 10.5. The molecule has 3 nitrogen and oxygen atoms in total. The van der Waals surface area contributed by atoms with Crippen LogP contribution < -0.4 is 0 Å². The Morgan fingerprint density at radius 3 is 2.50 bits per heavy atom. The van der Waals surface area contributed by atoms with Crippen molar-refractivity contribution in [2.75, 3.05) is 7.11 Å². The van der Waals surface area contributed by atoms with Crippen LogP contribution in [0.3, 0.4) is 0 Å². The summed E-state index contributed by atoms with van der Waals surface area (Å²) in [5, 5.41) is 0.437. The van der Waals surface area contributed by atoms with E-state index in [9.17, 15) is 0 Å². The van der Waals surface area contributed by atoms with Gasteiger partial charge in [-0.3, -0.25) is 0 Å². The first-order chi connectivity index (χ1) is 8.72. The molecule has 1 heterocycles. The van der Waals surface area contributed by atoms with Crippen LogP contribution in [0.1, 0.15) is 18.2 Å². The van der Waals surface area contributed by atoms with Crippen LogP contribution in [0.5, 0.6) is 0 Å². The molecule has 0 aliphatic heterocycles. The van der Waals surface area contributed by atoms with Gasteiger partial charge in [0.2, 0.25) is 0 Å². The fourth-order valence-corrected chi connectivity index (χ4v) is 1.91. The summed E-state index contributed by atoms with van der Waals surface area (Å²) >= 11 is 5.99. The fourth-order valence-electron chi connectivity index (χ4n) is 1.70. The molecule has 0 atom stereocenters. The largest absolute Gasteiger partial charge is 0.378 e. The van der Waals surface area contributed by atoms with Crippen LogP contribution in [0.2, 0.25) is 5.15 Å². The minimum atomic E-state index is 0.433. The standard InChI is InChI=1S/C14H15ClN2O/c1-3-10-4-6-11(7-5-10)14-16-12(9-18-2)8-13(15)17-14/h4-8H,3,9H2,1-2H3. The molecule has 1 aromatic heterocycles. The zero-order chi connectivity index (χ0) is 13.0. The number of benzene rings is 1. The molecule has 0 saturated carbocycles. The van der Waals surface area contributed by atoms with Crippen molar-refractivity contribution in [1.29, 1.82) is 0 Å². The van der Waals surface area contributed by atoms with Crippen LogP contribution >= 0.6 is 11.6 Å². The molecule has 4 heteroatoms. The molecule has 0 amide bonds. The summed E-state index contributed by atoms with van der Waals surface area (Å²) in [5.74, 6) is 0.636. The predicted octanol–water partition coefficient (Wildman–Crippen LogP) is 3.51. The summed E-state index contributed by atoms with van der Waals surface area (Å²) in [6.07, 6.45) is 1.02. The molecule has 1 aromatic carbocycles. The SMILES string of the molecule is CCc1ccc(-c2nc(Cl)cc(COC)n2)cc1. The van der Waals surface area contributed by atoms with E-state index in [1.54, 1.807) is 13.2 Å². The first-order valence-corrected chi connectivity index (χ1v) is 6.22. The number of nitrogens with zero attached hydrogens (tertiary/aromatic N) is 2. The molecule has 0 bridgehead atoms. The molecule has 0 N–H and O–H groups in total. The van der Waals surface area contributed by atoms with Gasteiger partial charge in [-0.25, -0.2) is 9.97 Å². The number of halogens is 1. The Kier molecular flexibility index (Phi) is 4.28. The molecule has 0 spiro atoms. The molecule has 0 aliphatic carbocycles. The second-order valence-electron chi connectivity index (χ2n) is 3.99. The fraction of sp³-hybridized carbons (Fsp3) is 0.286. The van der Waals surface area contributed by atoms with Crippen molar-refractivity contribution in [1.82, 2.24) is 9.97 Å². The third kappa shape index (κ3) is 3.06. The molecule has 0 radical (unpaired) electrons. The highest BCUT2D eigenvalue weighted by molar-refractivity contribution is 6.29. The van der Waals surface area contributed by atoms with Crippen LogP contribution in [-0.2, 0) is 17.8 Å². The molecular weight excluding hydrogens is 248 g/mol. The molecule has 2 rings (SSSR count). The van der Waals surface area contributed by atoms with Gasteiger partial charge in [0.25, 0.3) is 0 Å². The quantitative estimate of drug-likeness (QED) is 0.791. The summed E-state index contributed by atoms with van der Waals surface area (Å²) < 4.78 is 5.06. The van der Waals surface area contributed by atoms with Crippen LogP contribution in [0.25, 0.3) is 11.4 Å². The number of rotatable bonds is 4. The molecule has 18 heavy (non-hydrogen) atoms. The van der Waals surface area contributed by atoms with Crippen LogP contribution in [0, 0.1) is 0 Å². The first kappa shape index (κ1) is 13.0. The lowest BCUT2D eigenvalue weighted by Gasteiger charge is -2.05. The number of aromatic nitrogens is 2. The average molecular weight is 263 g/mol. The number of hydrogen-bond acceptors (Lipinski definition) is 3. The Morgan fingerprint density at radius 1 is 1.17 bits per heavy atom. The lowest BCUT2D eigenvalue weighted by Crippen LogP contribution is -1.97. The molecule has 0 aliphatic rings. The summed E-state index contributed by atoms with van der Waals surface area (Å²) in [5.41, 5.74) is 3.04. The topological polar surface area (TPSA) is 35.0 Å². The Labute approximate surface area is 112 Å². The lowest BCUT2D eigenvalue weighted by atomic mass is 10.1.